The van der Waals surface area contributed by atoms with Crippen LogP contribution < -0.4 is 16.0 Å². The van der Waals surface area contributed by atoms with Gasteiger partial charge in [0, 0.05) is 12.5 Å². The van der Waals surface area contributed by atoms with Crippen LogP contribution in [0, 0.1) is 5.41 Å². The third-order valence-electron chi connectivity index (χ3n) is 8.07. The number of likely N-dealkylation sites (N-methyl/N-ethyl adjacent to an activating group) is 1. The molecule has 4 rings (SSSR count). The highest BCUT2D eigenvalue weighted by molar-refractivity contribution is 5.94. The molecule has 0 saturated carbocycles. The average Bonchev–Trinajstić information content (AvgIpc) is 3.37. The van der Waals surface area contributed by atoms with Crippen LogP contribution in [0.5, 0.6) is 0 Å². The third-order valence-corrected chi connectivity index (χ3v) is 8.07. The molecule has 7 nitrogen and oxygen atoms in total. The van der Waals surface area contributed by atoms with E-state index in [0.29, 0.717) is 13.0 Å². The van der Waals surface area contributed by atoms with Gasteiger partial charge >= 0.3 is 0 Å². The molecule has 0 radical (unpaired) electrons. The van der Waals surface area contributed by atoms with Crippen LogP contribution in [0.4, 0.5) is 0 Å². The van der Waals surface area contributed by atoms with Crippen molar-refractivity contribution in [3.05, 3.63) is 71.3 Å². The van der Waals surface area contributed by atoms with Crippen LogP contribution in [0.25, 0.3) is 0 Å². The smallest absolute Gasteiger partial charge is 0.246 e. The molecule has 3 amide bonds. The standard InChI is InChI=1S/C31H42N4O3/c1-20(32-5)28(36)34-27(31(2,3)4)30(38)35-19-23(21-12-7-6-8-13-21)18-26(35)29(37)33-25-17-11-15-22-14-9-10-16-24(22)25/h6-10,12-14,16,20,23,25-27,32H,11,15,17-19H2,1-5H3,(H,33,37)(H,34,36)/t20-,23+,25+,26-,27+/m0/s1. The zero-order chi connectivity index (χ0) is 27.4. The molecule has 1 fully saturated rings. The van der Waals surface area contributed by atoms with E-state index >= 15 is 0 Å². The molecule has 0 unspecified atom stereocenters. The van der Waals surface area contributed by atoms with Crippen molar-refractivity contribution < 1.29 is 14.4 Å². The van der Waals surface area contributed by atoms with Gasteiger partial charge in [-0.2, -0.15) is 0 Å². The Morgan fingerprint density at radius 2 is 1.68 bits per heavy atom. The first-order valence-corrected chi connectivity index (χ1v) is 13.8. The van der Waals surface area contributed by atoms with Crippen molar-refractivity contribution in [2.75, 3.05) is 13.6 Å². The first kappa shape index (κ1) is 27.8. The Hall–Kier alpha value is -3.19. The number of hydrogen-bond donors (Lipinski definition) is 3. The summed E-state index contributed by atoms with van der Waals surface area (Å²) < 4.78 is 0. The molecular weight excluding hydrogens is 476 g/mol. The van der Waals surface area contributed by atoms with Gasteiger partial charge in [0.15, 0.2) is 0 Å². The molecule has 204 valence electrons. The van der Waals surface area contributed by atoms with Gasteiger partial charge in [-0.1, -0.05) is 75.4 Å². The number of carbonyl (C=O) groups excluding carboxylic acids is 3. The predicted octanol–water partition coefficient (Wildman–Crippen LogP) is 3.70. The number of aryl methyl sites for hydroxylation is 1. The molecule has 1 aliphatic carbocycles. The Balaban J connectivity index is 1.61. The topological polar surface area (TPSA) is 90.5 Å². The summed E-state index contributed by atoms with van der Waals surface area (Å²) in [5.41, 5.74) is 3.03. The monoisotopic (exact) mass is 518 g/mol. The number of hydrogen-bond acceptors (Lipinski definition) is 4. The van der Waals surface area contributed by atoms with E-state index in [9.17, 15) is 14.4 Å². The second kappa shape index (κ2) is 11.7. The number of nitrogens with zero attached hydrogens (tertiary/aromatic N) is 1. The lowest BCUT2D eigenvalue weighted by Gasteiger charge is -2.36. The highest BCUT2D eigenvalue weighted by Crippen LogP contribution is 2.35. The molecule has 5 atom stereocenters. The lowest BCUT2D eigenvalue weighted by Crippen LogP contribution is -2.59. The third kappa shape index (κ3) is 6.09. The van der Waals surface area contributed by atoms with Crippen LogP contribution in [0.3, 0.4) is 0 Å². The van der Waals surface area contributed by atoms with Crippen molar-refractivity contribution in [2.24, 2.45) is 5.41 Å². The maximum Gasteiger partial charge on any atom is 0.246 e. The SMILES string of the molecule is CN[C@@H](C)C(=O)N[C@H](C(=O)N1C[C@H](c2ccccc2)C[C@H]1C(=O)N[C@@H]1CCCc2ccccc21)C(C)(C)C. The summed E-state index contributed by atoms with van der Waals surface area (Å²) in [6, 6.07) is 16.5. The maximum atomic E-state index is 14.1. The predicted molar refractivity (Wildman–Crippen MR) is 149 cm³/mol. The van der Waals surface area contributed by atoms with Gasteiger partial charge in [0.1, 0.15) is 12.1 Å². The molecule has 1 heterocycles. The number of rotatable bonds is 7. The minimum absolute atomic E-state index is 0.0436. The van der Waals surface area contributed by atoms with Gasteiger partial charge in [0.25, 0.3) is 0 Å². The molecule has 0 spiro atoms. The normalized spacial score (nSPS) is 22.8. The van der Waals surface area contributed by atoms with Crippen LogP contribution >= 0.6 is 0 Å². The van der Waals surface area contributed by atoms with E-state index in [1.165, 1.54) is 11.1 Å². The summed E-state index contributed by atoms with van der Waals surface area (Å²) in [4.78, 5) is 42.5. The quantitative estimate of drug-likeness (QED) is 0.521. The lowest BCUT2D eigenvalue weighted by atomic mass is 9.85. The molecule has 1 saturated heterocycles. The Morgan fingerprint density at radius 1 is 1.00 bits per heavy atom. The second-order valence-corrected chi connectivity index (χ2v) is 11.8. The van der Waals surface area contributed by atoms with E-state index in [1.807, 2.05) is 51.1 Å². The van der Waals surface area contributed by atoms with Crippen LogP contribution in [-0.4, -0.2) is 54.3 Å². The molecular formula is C31H42N4O3. The van der Waals surface area contributed by atoms with E-state index in [4.69, 9.17) is 0 Å². The van der Waals surface area contributed by atoms with Gasteiger partial charge in [-0.3, -0.25) is 14.4 Å². The number of benzene rings is 2. The summed E-state index contributed by atoms with van der Waals surface area (Å²) in [6.07, 6.45) is 3.47. The highest BCUT2D eigenvalue weighted by atomic mass is 16.2. The van der Waals surface area contributed by atoms with Crippen molar-refractivity contribution in [3.63, 3.8) is 0 Å². The summed E-state index contributed by atoms with van der Waals surface area (Å²) >= 11 is 0. The van der Waals surface area contributed by atoms with Crippen molar-refractivity contribution in [2.45, 2.75) is 83.5 Å². The Labute approximate surface area is 226 Å². The van der Waals surface area contributed by atoms with Gasteiger partial charge < -0.3 is 20.9 Å². The summed E-state index contributed by atoms with van der Waals surface area (Å²) in [7, 11) is 1.72. The van der Waals surface area contributed by atoms with Crippen molar-refractivity contribution in [1.82, 2.24) is 20.9 Å². The van der Waals surface area contributed by atoms with Crippen LogP contribution in [0.1, 0.15) is 75.6 Å². The minimum Gasteiger partial charge on any atom is -0.347 e. The van der Waals surface area contributed by atoms with Crippen molar-refractivity contribution >= 4 is 17.7 Å². The van der Waals surface area contributed by atoms with E-state index in [2.05, 4.69) is 40.2 Å². The maximum absolute atomic E-state index is 14.1. The molecule has 2 aromatic rings. The fraction of sp³-hybridized carbons (Fsp3) is 0.516. The lowest BCUT2D eigenvalue weighted by molar-refractivity contribution is -0.144. The number of likely N-dealkylation sites (tertiary alicyclic amines) is 1. The van der Waals surface area contributed by atoms with Gasteiger partial charge in [-0.25, -0.2) is 0 Å². The summed E-state index contributed by atoms with van der Waals surface area (Å²) in [5, 5.41) is 9.20. The number of fused-ring (bicyclic) bond motifs is 1. The van der Waals surface area contributed by atoms with Crippen molar-refractivity contribution in [3.8, 4) is 0 Å². The van der Waals surface area contributed by atoms with E-state index in [-0.39, 0.29) is 29.7 Å². The zero-order valence-electron chi connectivity index (χ0n) is 23.3. The van der Waals surface area contributed by atoms with Gasteiger partial charge in [0.2, 0.25) is 17.7 Å². The average molecular weight is 519 g/mol. The molecule has 2 aromatic carbocycles. The van der Waals surface area contributed by atoms with Crippen LogP contribution in [0.15, 0.2) is 54.6 Å². The number of nitrogens with one attached hydrogen (secondary N) is 3. The number of carbonyl (C=O) groups is 3. The van der Waals surface area contributed by atoms with Gasteiger partial charge in [-0.05, 0) is 61.8 Å². The largest absolute Gasteiger partial charge is 0.347 e. The summed E-state index contributed by atoms with van der Waals surface area (Å²) in [6.45, 7) is 8.03. The minimum atomic E-state index is -0.758. The van der Waals surface area contributed by atoms with E-state index < -0.39 is 23.5 Å². The Kier molecular flexibility index (Phi) is 8.56. The Morgan fingerprint density at radius 3 is 2.37 bits per heavy atom. The summed E-state index contributed by atoms with van der Waals surface area (Å²) in [5.74, 6) is -0.528. The first-order valence-electron chi connectivity index (χ1n) is 13.8. The van der Waals surface area contributed by atoms with Gasteiger partial charge in [-0.15, -0.1) is 0 Å². The fourth-order valence-electron chi connectivity index (χ4n) is 5.68. The van der Waals surface area contributed by atoms with Crippen LogP contribution in [-0.2, 0) is 20.8 Å². The van der Waals surface area contributed by atoms with Crippen LogP contribution in [0.2, 0.25) is 0 Å². The van der Waals surface area contributed by atoms with Gasteiger partial charge in [0.05, 0.1) is 12.1 Å². The molecule has 38 heavy (non-hydrogen) atoms. The molecule has 7 heteroatoms. The van der Waals surface area contributed by atoms with E-state index in [0.717, 1.165) is 24.8 Å². The van der Waals surface area contributed by atoms with Crippen molar-refractivity contribution in [1.29, 1.82) is 0 Å². The van der Waals surface area contributed by atoms with E-state index in [1.54, 1.807) is 18.9 Å². The fourth-order valence-corrected chi connectivity index (χ4v) is 5.68. The highest BCUT2D eigenvalue weighted by Gasteiger charge is 2.45. The molecule has 0 aromatic heterocycles. The molecule has 3 N–H and O–H groups in total. The second-order valence-electron chi connectivity index (χ2n) is 11.8. The molecule has 1 aliphatic heterocycles. The zero-order valence-corrected chi connectivity index (χ0v) is 23.3. The molecule has 0 bridgehead atoms. The number of amides is 3. The first-order chi connectivity index (χ1) is 18.1. The Bertz CT molecular complexity index is 1140. The molecule has 2 aliphatic rings.